The molecule has 1 aliphatic heterocycles. The van der Waals surface area contributed by atoms with E-state index < -0.39 is 28.6 Å². The molecular formula is C20H22ClF2N3O3. The number of amides is 1. The van der Waals surface area contributed by atoms with Gasteiger partial charge in [0.05, 0.1) is 17.4 Å². The highest BCUT2D eigenvalue weighted by Gasteiger charge is 2.36. The van der Waals surface area contributed by atoms with Crippen molar-refractivity contribution < 1.29 is 23.1 Å². The topological polar surface area (TPSA) is 64.4 Å². The van der Waals surface area contributed by atoms with Gasteiger partial charge in [0.15, 0.2) is 0 Å². The van der Waals surface area contributed by atoms with E-state index in [1.54, 1.807) is 37.8 Å². The normalized spacial score (nSPS) is 14.5. The Morgan fingerprint density at radius 2 is 1.90 bits per heavy atom. The first-order valence-electron chi connectivity index (χ1n) is 9.13. The van der Waals surface area contributed by atoms with Crippen LogP contribution in [0.15, 0.2) is 24.4 Å². The van der Waals surface area contributed by atoms with Crippen molar-refractivity contribution >= 4 is 22.9 Å². The summed E-state index contributed by atoms with van der Waals surface area (Å²) in [6.45, 7) is 6.74. The molecule has 0 bridgehead atoms. The van der Waals surface area contributed by atoms with Gasteiger partial charge in [-0.25, -0.2) is 9.48 Å². The number of benzene rings is 1. The highest BCUT2D eigenvalue weighted by Crippen LogP contribution is 2.35. The van der Waals surface area contributed by atoms with Gasteiger partial charge >= 0.3 is 6.09 Å². The fraction of sp³-hybridized carbons (Fsp3) is 0.450. The number of aromatic nitrogens is 2. The molecule has 0 aliphatic carbocycles. The van der Waals surface area contributed by atoms with Gasteiger partial charge in [0, 0.05) is 20.0 Å². The Bertz CT molecular complexity index is 961. The van der Waals surface area contributed by atoms with E-state index >= 15 is 0 Å². The molecule has 1 aromatic carbocycles. The molecule has 1 amide bonds. The predicted octanol–water partition coefficient (Wildman–Crippen LogP) is 4.66. The Hall–Kier alpha value is -2.48. The van der Waals surface area contributed by atoms with Crippen molar-refractivity contribution in [2.75, 3.05) is 6.54 Å². The Kier molecular flexibility index (Phi) is 5.42. The monoisotopic (exact) mass is 425 g/mol. The molecule has 1 aliphatic rings. The summed E-state index contributed by atoms with van der Waals surface area (Å²) in [7, 11) is 0. The van der Waals surface area contributed by atoms with Crippen LogP contribution < -0.4 is 0 Å². The van der Waals surface area contributed by atoms with E-state index in [0.29, 0.717) is 32.1 Å². The van der Waals surface area contributed by atoms with Crippen LogP contribution in [0.3, 0.4) is 0 Å². The lowest BCUT2D eigenvalue weighted by atomic mass is 9.97. The summed E-state index contributed by atoms with van der Waals surface area (Å²) in [6, 6.07) is 5.19. The number of hydrogen-bond acceptors (Lipinski definition) is 4. The zero-order valence-corrected chi connectivity index (χ0v) is 17.4. The Morgan fingerprint density at radius 3 is 2.48 bits per heavy atom. The van der Waals surface area contributed by atoms with Gasteiger partial charge in [0.25, 0.3) is 11.2 Å². The van der Waals surface area contributed by atoms with Crippen LogP contribution >= 0.6 is 11.6 Å². The van der Waals surface area contributed by atoms with E-state index in [0.717, 1.165) is 22.0 Å². The van der Waals surface area contributed by atoms with Gasteiger partial charge in [0.2, 0.25) is 0 Å². The maximum atomic E-state index is 14.3. The molecule has 2 aromatic rings. The summed E-state index contributed by atoms with van der Waals surface area (Å²) in [6.07, 6.45) is 1.06. The fourth-order valence-corrected chi connectivity index (χ4v) is 3.51. The quantitative estimate of drug-likeness (QED) is 0.671. The lowest BCUT2D eigenvalue weighted by molar-refractivity contribution is 0.00945. The van der Waals surface area contributed by atoms with E-state index in [4.69, 9.17) is 16.3 Å². The largest absolute Gasteiger partial charge is 0.444 e. The first-order valence-corrected chi connectivity index (χ1v) is 9.51. The van der Waals surface area contributed by atoms with E-state index in [1.165, 1.54) is 0 Å². The van der Waals surface area contributed by atoms with E-state index in [1.807, 2.05) is 6.07 Å². The van der Waals surface area contributed by atoms with Gasteiger partial charge in [0.1, 0.15) is 11.3 Å². The highest BCUT2D eigenvalue weighted by atomic mass is 35.5. The van der Waals surface area contributed by atoms with Crippen LogP contribution in [0.1, 0.15) is 54.9 Å². The molecule has 0 spiro atoms. The molecule has 0 saturated carbocycles. The second-order valence-electron chi connectivity index (χ2n) is 8.05. The predicted molar refractivity (Wildman–Crippen MR) is 104 cm³/mol. The van der Waals surface area contributed by atoms with Crippen LogP contribution in [0.2, 0.25) is 0 Å². The van der Waals surface area contributed by atoms with E-state index in [9.17, 15) is 18.4 Å². The maximum Gasteiger partial charge on any atom is 0.410 e. The maximum absolute atomic E-state index is 14.3. The van der Waals surface area contributed by atoms with Gasteiger partial charge in [-0.2, -0.15) is 13.9 Å². The fourth-order valence-electron chi connectivity index (χ4n) is 3.37. The number of rotatable bonds is 3. The molecule has 156 valence electrons. The Labute approximate surface area is 172 Å². The van der Waals surface area contributed by atoms with Crippen molar-refractivity contribution in [1.82, 2.24) is 14.7 Å². The van der Waals surface area contributed by atoms with Crippen LogP contribution in [0.5, 0.6) is 0 Å². The van der Waals surface area contributed by atoms with Crippen molar-refractivity contribution in [2.24, 2.45) is 0 Å². The molecule has 6 nitrogen and oxygen atoms in total. The van der Waals surface area contributed by atoms with Crippen LogP contribution in [0.25, 0.3) is 5.69 Å². The first kappa shape index (κ1) is 21.2. The van der Waals surface area contributed by atoms with Crippen LogP contribution in [0.4, 0.5) is 13.6 Å². The zero-order chi connectivity index (χ0) is 21.6. The number of halogens is 3. The van der Waals surface area contributed by atoms with Gasteiger partial charge in [-0.15, -0.1) is 0 Å². The number of alkyl halides is 2. The Balaban J connectivity index is 2.00. The summed E-state index contributed by atoms with van der Waals surface area (Å²) < 4.78 is 35.0. The van der Waals surface area contributed by atoms with Crippen LogP contribution in [0, 0.1) is 0 Å². The molecular weight excluding hydrogens is 404 g/mol. The molecule has 9 heteroatoms. The lowest BCUT2D eigenvalue weighted by Gasteiger charge is -2.32. The number of ether oxygens (including phenoxy) is 1. The number of carbonyl (C=O) groups is 2. The van der Waals surface area contributed by atoms with E-state index in [-0.39, 0.29) is 5.56 Å². The summed E-state index contributed by atoms with van der Waals surface area (Å²) in [5, 5.41) is 3.02. The number of nitrogens with zero attached hydrogens (tertiary/aromatic N) is 3. The molecule has 3 rings (SSSR count). The first-order chi connectivity index (χ1) is 13.4. The molecule has 0 N–H and O–H groups in total. The van der Waals surface area contributed by atoms with E-state index in [2.05, 4.69) is 5.10 Å². The summed E-state index contributed by atoms with van der Waals surface area (Å²) in [4.78, 5) is 25.5. The minimum Gasteiger partial charge on any atom is -0.444 e. The van der Waals surface area contributed by atoms with Crippen LogP contribution in [-0.2, 0) is 23.6 Å². The number of carbonyl (C=O) groups excluding carboxylic acids is 2. The van der Waals surface area contributed by atoms with Gasteiger partial charge < -0.3 is 9.64 Å². The minimum absolute atomic E-state index is 0.290. The van der Waals surface area contributed by atoms with Gasteiger partial charge in [-0.3, -0.25) is 4.79 Å². The standard InChI is InChI=1S/C20H22ClF2N3O3/c1-19(2,3)29-18(28)25-9-8-13-12(11-25)6-5-7-15(13)26-16(20(4,22)23)14(10-24-26)17(21)27/h5-7,10H,8-9,11H2,1-4H3. The van der Waals surface area contributed by atoms with Crippen molar-refractivity contribution in [3.05, 3.63) is 46.8 Å². The summed E-state index contributed by atoms with van der Waals surface area (Å²) in [5.41, 5.74) is 0.532. The van der Waals surface area contributed by atoms with Crippen molar-refractivity contribution in [3.8, 4) is 5.69 Å². The summed E-state index contributed by atoms with van der Waals surface area (Å²) >= 11 is 5.48. The molecule has 0 fully saturated rings. The average Bonchev–Trinajstić information content (AvgIpc) is 3.04. The molecule has 0 atom stereocenters. The molecule has 29 heavy (non-hydrogen) atoms. The minimum atomic E-state index is -3.32. The second kappa shape index (κ2) is 7.40. The van der Waals surface area contributed by atoms with Crippen LogP contribution in [-0.4, -0.2) is 38.2 Å². The highest BCUT2D eigenvalue weighted by molar-refractivity contribution is 6.67. The smallest absolute Gasteiger partial charge is 0.410 e. The molecule has 2 heterocycles. The van der Waals surface area contributed by atoms with Crippen molar-refractivity contribution in [3.63, 3.8) is 0 Å². The SMILES string of the molecule is CC(C)(C)OC(=O)N1CCc2c(cccc2-n2ncc(C(=O)Cl)c2C(C)(F)F)C1. The number of fused-ring (bicyclic) bond motifs is 1. The lowest BCUT2D eigenvalue weighted by Crippen LogP contribution is -2.40. The molecule has 0 saturated heterocycles. The van der Waals surface area contributed by atoms with Gasteiger partial charge in [-0.1, -0.05) is 12.1 Å². The average molecular weight is 426 g/mol. The third kappa shape index (κ3) is 4.42. The molecule has 0 radical (unpaired) electrons. The molecule has 0 unspecified atom stereocenters. The van der Waals surface area contributed by atoms with Gasteiger partial charge in [-0.05, 0) is 56.0 Å². The Morgan fingerprint density at radius 1 is 1.21 bits per heavy atom. The number of hydrogen-bond donors (Lipinski definition) is 0. The second-order valence-corrected chi connectivity index (χ2v) is 8.39. The third-order valence-electron chi connectivity index (χ3n) is 4.52. The van der Waals surface area contributed by atoms with Crippen molar-refractivity contribution in [1.29, 1.82) is 0 Å². The zero-order valence-electron chi connectivity index (χ0n) is 16.6. The van der Waals surface area contributed by atoms with Crippen molar-refractivity contribution in [2.45, 2.75) is 52.2 Å². The molecule has 1 aromatic heterocycles. The summed E-state index contributed by atoms with van der Waals surface area (Å²) in [5.74, 6) is -3.32. The third-order valence-corrected chi connectivity index (χ3v) is 4.72.